The summed E-state index contributed by atoms with van der Waals surface area (Å²) >= 11 is 0. The summed E-state index contributed by atoms with van der Waals surface area (Å²) in [5, 5.41) is 0. The van der Waals surface area contributed by atoms with Crippen molar-refractivity contribution in [3.05, 3.63) is 29.8 Å². The van der Waals surface area contributed by atoms with Gasteiger partial charge in [-0.2, -0.15) is 0 Å². The molecule has 0 saturated carbocycles. The quantitative estimate of drug-likeness (QED) is 0.410. The van der Waals surface area contributed by atoms with Crippen molar-refractivity contribution < 1.29 is 19.0 Å². The van der Waals surface area contributed by atoms with Crippen LogP contribution in [0.1, 0.15) is 11.7 Å². The summed E-state index contributed by atoms with van der Waals surface area (Å²) < 4.78 is 14.3. The Morgan fingerprint density at radius 2 is 2.07 bits per heavy atom. The number of rotatable bonds is 2. The molecule has 4 nitrogen and oxygen atoms in total. The van der Waals surface area contributed by atoms with Crippen LogP contribution in [-0.4, -0.2) is 19.9 Å². The monoisotopic (exact) mass is 194 g/mol. The number of epoxide rings is 1. The van der Waals surface area contributed by atoms with Crippen molar-refractivity contribution >= 4 is 6.16 Å². The molecule has 1 unspecified atom stereocenters. The summed E-state index contributed by atoms with van der Waals surface area (Å²) in [4.78, 5) is 10.7. The lowest BCUT2D eigenvalue weighted by atomic mass is 10.2. The van der Waals surface area contributed by atoms with E-state index in [4.69, 9.17) is 9.47 Å². The number of methoxy groups -OCH3 is 1. The zero-order valence-electron chi connectivity index (χ0n) is 7.73. The first-order valence-corrected chi connectivity index (χ1v) is 4.27. The van der Waals surface area contributed by atoms with Gasteiger partial charge < -0.3 is 14.2 Å². The molecule has 0 aliphatic carbocycles. The van der Waals surface area contributed by atoms with Crippen molar-refractivity contribution in [2.24, 2.45) is 0 Å². The zero-order chi connectivity index (χ0) is 9.97. The second kappa shape index (κ2) is 3.67. The maximum atomic E-state index is 10.7. The maximum Gasteiger partial charge on any atom is 0.513 e. The molecule has 0 N–H and O–H groups in total. The first-order valence-electron chi connectivity index (χ1n) is 4.27. The van der Waals surface area contributed by atoms with E-state index in [2.05, 4.69) is 4.74 Å². The molecule has 4 heteroatoms. The number of ether oxygens (including phenoxy) is 3. The Balaban J connectivity index is 2.02. The minimum absolute atomic E-state index is 0.224. The molecule has 0 amide bonds. The largest absolute Gasteiger partial charge is 0.513 e. The van der Waals surface area contributed by atoms with E-state index in [1.165, 1.54) is 7.11 Å². The Bertz CT molecular complexity index is 326. The molecule has 1 fully saturated rings. The van der Waals surface area contributed by atoms with Crippen LogP contribution in [0.25, 0.3) is 0 Å². The van der Waals surface area contributed by atoms with Gasteiger partial charge in [0, 0.05) is 0 Å². The van der Waals surface area contributed by atoms with Crippen LogP contribution in [0.2, 0.25) is 0 Å². The summed E-state index contributed by atoms with van der Waals surface area (Å²) in [6, 6.07) is 7.17. The summed E-state index contributed by atoms with van der Waals surface area (Å²) in [6.45, 7) is 0.775. The maximum absolute atomic E-state index is 10.7. The van der Waals surface area contributed by atoms with Gasteiger partial charge in [-0.25, -0.2) is 4.79 Å². The van der Waals surface area contributed by atoms with Gasteiger partial charge >= 0.3 is 6.16 Å². The normalized spacial score (nSPS) is 18.8. The van der Waals surface area contributed by atoms with Gasteiger partial charge in [-0.3, -0.25) is 0 Å². The molecular formula is C10H10O4. The van der Waals surface area contributed by atoms with Crippen LogP contribution in [-0.2, 0) is 9.47 Å². The topological polar surface area (TPSA) is 48.1 Å². The van der Waals surface area contributed by atoms with Crippen molar-refractivity contribution in [1.82, 2.24) is 0 Å². The molecule has 1 aromatic rings. The van der Waals surface area contributed by atoms with Gasteiger partial charge in [-0.1, -0.05) is 12.1 Å². The number of carbonyl (C=O) groups is 1. The fourth-order valence-corrected chi connectivity index (χ4v) is 1.13. The SMILES string of the molecule is COC(=O)Oc1ccc(C2CO2)cc1. The summed E-state index contributed by atoms with van der Waals surface area (Å²) in [5.41, 5.74) is 1.10. The highest BCUT2D eigenvalue weighted by atomic mass is 16.7. The number of hydrogen-bond donors (Lipinski definition) is 0. The molecule has 0 radical (unpaired) electrons. The summed E-state index contributed by atoms with van der Waals surface area (Å²) in [7, 11) is 1.27. The lowest BCUT2D eigenvalue weighted by molar-refractivity contribution is 0.121. The lowest BCUT2D eigenvalue weighted by Gasteiger charge is -2.02. The highest BCUT2D eigenvalue weighted by Gasteiger charge is 2.24. The molecule has 0 spiro atoms. The van der Waals surface area contributed by atoms with E-state index in [-0.39, 0.29) is 6.10 Å². The van der Waals surface area contributed by atoms with E-state index in [1.54, 1.807) is 12.1 Å². The second-order valence-electron chi connectivity index (χ2n) is 2.95. The third-order valence-electron chi connectivity index (χ3n) is 1.95. The van der Waals surface area contributed by atoms with Gasteiger partial charge in [-0.05, 0) is 17.7 Å². The number of benzene rings is 1. The van der Waals surface area contributed by atoms with Gasteiger partial charge in [0.05, 0.1) is 13.7 Å². The van der Waals surface area contributed by atoms with E-state index in [0.29, 0.717) is 5.75 Å². The van der Waals surface area contributed by atoms with E-state index in [9.17, 15) is 4.79 Å². The Morgan fingerprint density at radius 1 is 1.43 bits per heavy atom. The van der Waals surface area contributed by atoms with Crippen LogP contribution in [0.4, 0.5) is 4.79 Å². The molecule has 1 heterocycles. The Hall–Kier alpha value is -1.55. The van der Waals surface area contributed by atoms with Crippen molar-refractivity contribution in [3.63, 3.8) is 0 Å². The van der Waals surface area contributed by atoms with Crippen LogP contribution in [0.3, 0.4) is 0 Å². The highest BCUT2D eigenvalue weighted by Crippen LogP contribution is 2.30. The Labute approximate surface area is 81.4 Å². The van der Waals surface area contributed by atoms with E-state index in [0.717, 1.165) is 12.2 Å². The lowest BCUT2D eigenvalue weighted by Crippen LogP contribution is -2.06. The molecule has 0 aromatic heterocycles. The third kappa shape index (κ3) is 2.03. The van der Waals surface area contributed by atoms with Crippen LogP contribution >= 0.6 is 0 Å². The fraction of sp³-hybridized carbons (Fsp3) is 0.300. The Morgan fingerprint density at radius 3 is 2.57 bits per heavy atom. The van der Waals surface area contributed by atoms with E-state index in [1.807, 2.05) is 12.1 Å². The van der Waals surface area contributed by atoms with Crippen molar-refractivity contribution in [2.75, 3.05) is 13.7 Å². The van der Waals surface area contributed by atoms with Gasteiger partial charge in [0.1, 0.15) is 11.9 Å². The molecule has 1 atom stereocenters. The number of carbonyl (C=O) groups excluding carboxylic acids is 1. The minimum atomic E-state index is -0.708. The molecule has 14 heavy (non-hydrogen) atoms. The van der Waals surface area contributed by atoms with E-state index >= 15 is 0 Å². The van der Waals surface area contributed by atoms with Crippen molar-refractivity contribution in [2.45, 2.75) is 6.10 Å². The van der Waals surface area contributed by atoms with Crippen molar-refractivity contribution in [1.29, 1.82) is 0 Å². The average molecular weight is 194 g/mol. The standard InChI is InChI=1S/C10H10O4/c1-12-10(11)14-8-4-2-7(3-5-8)9-6-13-9/h2-5,9H,6H2,1H3. The van der Waals surface area contributed by atoms with Crippen molar-refractivity contribution in [3.8, 4) is 5.75 Å². The minimum Gasteiger partial charge on any atom is -0.437 e. The molecular weight excluding hydrogens is 184 g/mol. The molecule has 1 aromatic carbocycles. The predicted molar refractivity (Wildman–Crippen MR) is 48.2 cm³/mol. The van der Waals surface area contributed by atoms with Gasteiger partial charge in [0.15, 0.2) is 0 Å². The third-order valence-corrected chi connectivity index (χ3v) is 1.95. The van der Waals surface area contributed by atoms with E-state index < -0.39 is 6.16 Å². The molecule has 74 valence electrons. The smallest absolute Gasteiger partial charge is 0.437 e. The Kier molecular flexibility index (Phi) is 2.37. The van der Waals surface area contributed by atoms with Crippen LogP contribution in [0, 0.1) is 0 Å². The molecule has 1 aliphatic rings. The highest BCUT2D eigenvalue weighted by molar-refractivity contribution is 5.63. The summed E-state index contributed by atoms with van der Waals surface area (Å²) in [6.07, 6.45) is -0.484. The first kappa shape index (κ1) is 9.02. The van der Waals surface area contributed by atoms with Crippen LogP contribution < -0.4 is 4.74 Å². The number of hydrogen-bond acceptors (Lipinski definition) is 4. The van der Waals surface area contributed by atoms with Crippen LogP contribution in [0.15, 0.2) is 24.3 Å². The zero-order valence-corrected chi connectivity index (χ0v) is 7.73. The van der Waals surface area contributed by atoms with Gasteiger partial charge in [-0.15, -0.1) is 0 Å². The average Bonchev–Trinajstić information content (AvgIpc) is 3.02. The molecule has 1 aliphatic heterocycles. The van der Waals surface area contributed by atoms with Crippen LogP contribution in [0.5, 0.6) is 5.75 Å². The first-order chi connectivity index (χ1) is 6.79. The molecule has 0 bridgehead atoms. The van der Waals surface area contributed by atoms with Gasteiger partial charge in [0.25, 0.3) is 0 Å². The summed E-state index contributed by atoms with van der Waals surface area (Å²) in [5.74, 6) is 0.473. The fourth-order valence-electron chi connectivity index (χ4n) is 1.13. The molecule has 2 rings (SSSR count). The predicted octanol–water partition coefficient (Wildman–Crippen LogP) is 1.90. The van der Waals surface area contributed by atoms with Gasteiger partial charge in [0.2, 0.25) is 0 Å². The second-order valence-corrected chi connectivity index (χ2v) is 2.95. The molecule has 1 saturated heterocycles.